The van der Waals surface area contributed by atoms with Crippen molar-refractivity contribution in [3.63, 3.8) is 0 Å². The van der Waals surface area contributed by atoms with E-state index < -0.39 is 0 Å². The molecule has 0 saturated heterocycles. The lowest BCUT2D eigenvalue weighted by Crippen LogP contribution is -2.12. The fraction of sp³-hybridized carbons (Fsp3) is 0.278. The summed E-state index contributed by atoms with van der Waals surface area (Å²) in [5.74, 6) is 0.244. The maximum absolute atomic E-state index is 12.5. The van der Waals surface area contributed by atoms with Crippen molar-refractivity contribution in [3.8, 4) is 0 Å². The van der Waals surface area contributed by atoms with Gasteiger partial charge < -0.3 is 9.30 Å². The van der Waals surface area contributed by atoms with Gasteiger partial charge in [0.2, 0.25) is 0 Å². The molecule has 0 radical (unpaired) electrons. The van der Waals surface area contributed by atoms with Crippen molar-refractivity contribution in [2.45, 2.75) is 24.8 Å². The van der Waals surface area contributed by atoms with E-state index in [1.54, 1.807) is 18.0 Å². The monoisotopic (exact) mass is 341 g/mol. The van der Waals surface area contributed by atoms with E-state index >= 15 is 0 Å². The van der Waals surface area contributed by atoms with Crippen LogP contribution in [0.15, 0.2) is 41.8 Å². The summed E-state index contributed by atoms with van der Waals surface area (Å²) in [7, 11) is 1.95. The van der Waals surface area contributed by atoms with Gasteiger partial charge in [-0.05, 0) is 25.5 Å². The molecule has 0 fully saturated rings. The Bertz CT molecular complexity index is 889. The van der Waals surface area contributed by atoms with Crippen LogP contribution in [0.25, 0.3) is 10.9 Å². The number of hydrogen-bond donors (Lipinski definition) is 0. The smallest absolute Gasteiger partial charge is 0.340 e. The second kappa shape index (κ2) is 7.05. The van der Waals surface area contributed by atoms with Gasteiger partial charge in [0, 0.05) is 30.6 Å². The van der Waals surface area contributed by atoms with E-state index in [1.165, 1.54) is 0 Å². The second-order valence-corrected chi connectivity index (χ2v) is 6.35. The molecule has 0 spiro atoms. The van der Waals surface area contributed by atoms with Crippen LogP contribution in [0.5, 0.6) is 0 Å². The molecular formula is C18H19N3O2S. The van der Waals surface area contributed by atoms with Gasteiger partial charge in [-0.1, -0.05) is 30.0 Å². The standard InChI is InChI=1S/C18H19N3O2S/c1-4-23-17(22)16-12(2)13-7-5-6-8-14(13)20-15(16)11-24-18-19-9-10-21(18)3/h5-10H,4,11H2,1-3H3. The third-order valence-electron chi connectivity index (χ3n) is 3.82. The Morgan fingerprint density at radius 1 is 1.33 bits per heavy atom. The Morgan fingerprint density at radius 2 is 2.12 bits per heavy atom. The molecule has 0 saturated carbocycles. The minimum atomic E-state index is -0.316. The zero-order valence-electron chi connectivity index (χ0n) is 13.9. The fourth-order valence-corrected chi connectivity index (χ4v) is 3.52. The van der Waals surface area contributed by atoms with E-state index in [0.717, 1.165) is 27.3 Å². The van der Waals surface area contributed by atoms with Crippen LogP contribution in [0.4, 0.5) is 0 Å². The van der Waals surface area contributed by atoms with E-state index in [-0.39, 0.29) is 5.97 Å². The zero-order valence-corrected chi connectivity index (χ0v) is 14.8. The second-order valence-electron chi connectivity index (χ2n) is 5.41. The van der Waals surface area contributed by atoms with Gasteiger partial charge in [-0.25, -0.2) is 9.78 Å². The van der Waals surface area contributed by atoms with E-state index in [9.17, 15) is 4.79 Å². The summed E-state index contributed by atoms with van der Waals surface area (Å²) in [6.45, 7) is 4.10. The van der Waals surface area contributed by atoms with Gasteiger partial charge in [0.15, 0.2) is 5.16 Å². The summed E-state index contributed by atoms with van der Waals surface area (Å²) in [5.41, 5.74) is 3.10. The number of esters is 1. The number of ether oxygens (including phenoxy) is 1. The number of benzene rings is 1. The molecule has 0 aliphatic carbocycles. The summed E-state index contributed by atoms with van der Waals surface area (Å²) in [6.07, 6.45) is 3.65. The van der Waals surface area contributed by atoms with Crippen molar-refractivity contribution >= 4 is 28.6 Å². The molecule has 0 bridgehead atoms. The van der Waals surface area contributed by atoms with Crippen LogP contribution in [0.1, 0.15) is 28.5 Å². The van der Waals surface area contributed by atoms with E-state index in [4.69, 9.17) is 9.72 Å². The Kier molecular flexibility index (Phi) is 4.85. The van der Waals surface area contributed by atoms with Gasteiger partial charge >= 0.3 is 5.97 Å². The van der Waals surface area contributed by atoms with E-state index in [2.05, 4.69) is 4.98 Å². The number of nitrogens with zero attached hydrogens (tertiary/aromatic N) is 3. The molecule has 0 atom stereocenters. The van der Waals surface area contributed by atoms with Gasteiger partial charge in [0.05, 0.1) is 23.4 Å². The van der Waals surface area contributed by atoms with Crippen LogP contribution in [-0.2, 0) is 17.5 Å². The van der Waals surface area contributed by atoms with Crippen LogP contribution < -0.4 is 0 Å². The van der Waals surface area contributed by atoms with Crippen molar-refractivity contribution in [1.29, 1.82) is 0 Å². The molecule has 3 aromatic rings. The number of pyridine rings is 1. The van der Waals surface area contributed by atoms with Gasteiger partial charge in [-0.3, -0.25) is 4.98 Å². The SMILES string of the molecule is CCOC(=O)c1c(CSc2nccn2C)nc2ccccc2c1C. The first-order valence-electron chi connectivity index (χ1n) is 7.77. The van der Waals surface area contributed by atoms with Gasteiger partial charge in [0.1, 0.15) is 0 Å². The summed E-state index contributed by atoms with van der Waals surface area (Å²) >= 11 is 1.56. The molecule has 0 aliphatic heterocycles. The highest BCUT2D eigenvalue weighted by Crippen LogP contribution is 2.28. The topological polar surface area (TPSA) is 57.0 Å². The Labute approximate surface area is 145 Å². The highest BCUT2D eigenvalue weighted by atomic mass is 32.2. The van der Waals surface area contributed by atoms with Crippen LogP contribution in [-0.4, -0.2) is 27.1 Å². The quantitative estimate of drug-likeness (QED) is 0.522. The van der Waals surface area contributed by atoms with Crippen molar-refractivity contribution < 1.29 is 9.53 Å². The molecule has 5 nitrogen and oxygen atoms in total. The molecule has 0 unspecified atom stereocenters. The normalized spacial score (nSPS) is 11.0. The number of rotatable bonds is 5. The Morgan fingerprint density at radius 3 is 2.83 bits per heavy atom. The number of aryl methyl sites for hydroxylation is 2. The Hall–Kier alpha value is -2.34. The molecule has 2 aromatic heterocycles. The van der Waals surface area contributed by atoms with E-state index in [1.807, 2.05) is 55.9 Å². The summed E-state index contributed by atoms with van der Waals surface area (Å²) in [5, 5.41) is 1.86. The minimum absolute atomic E-state index is 0.316. The van der Waals surface area contributed by atoms with E-state index in [0.29, 0.717) is 17.9 Å². The third-order valence-corrected chi connectivity index (χ3v) is 4.89. The molecule has 6 heteroatoms. The highest BCUT2D eigenvalue weighted by Gasteiger charge is 2.20. The molecule has 3 rings (SSSR count). The number of carbonyl (C=O) groups is 1. The van der Waals surface area contributed by atoms with Crippen molar-refractivity contribution in [2.24, 2.45) is 7.05 Å². The average Bonchev–Trinajstić information content (AvgIpc) is 2.98. The molecule has 1 aromatic carbocycles. The van der Waals surface area contributed by atoms with Crippen LogP contribution in [0, 0.1) is 6.92 Å². The minimum Gasteiger partial charge on any atom is -0.462 e. The number of thioether (sulfide) groups is 1. The van der Waals surface area contributed by atoms with Gasteiger partial charge in [-0.15, -0.1) is 0 Å². The first kappa shape index (κ1) is 16.5. The number of imidazole rings is 1. The lowest BCUT2D eigenvalue weighted by molar-refractivity contribution is 0.0524. The van der Waals surface area contributed by atoms with Crippen LogP contribution in [0.2, 0.25) is 0 Å². The van der Waals surface area contributed by atoms with Crippen LogP contribution >= 0.6 is 11.8 Å². The van der Waals surface area contributed by atoms with Crippen molar-refractivity contribution in [2.75, 3.05) is 6.61 Å². The first-order chi connectivity index (χ1) is 11.6. The molecule has 2 heterocycles. The molecule has 124 valence electrons. The Balaban J connectivity index is 2.05. The predicted octanol–water partition coefficient (Wildman–Crippen LogP) is 3.75. The van der Waals surface area contributed by atoms with Crippen molar-refractivity contribution in [3.05, 3.63) is 53.5 Å². The summed E-state index contributed by atoms with van der Waals surface area (Å²) < 4.78 is 7.20. The first-order valence-corrected chi connectivity index (χ1v) is 8.75. The number of hydrogen-bond acceptors (Lipinski definition) is 5. The number of aromatic nitrogens is 3. The fourth-order valence-electron chi connectivity index (χ4n) is 2.64. The van der Waals surface area contributed by atoms with Gasteiger partial charge in [-0.2, -0.15) is 0 Å². The van der Waals surface area contributed by atoms with Gasteiger partial charge in [0.25, 0.3) is 0 Å². The number of fused-ring (bicyclic) bond motifs is 1. The molecule has 0 N–H and O–H groups in total. The molecule has 0 aliphatic rings. The lowest BCUT2D eigenvalue weighted by atomic mass is 10.0. The third kappa shape index (κ3) is 3.14. The highest BCUT2D eigenvalue weighted by molar-refractivity contribution is 7.98. The molecule has 0 amide bonds. The van der Waals surface area contributed by atoms with Crippen LogP contribution in [0.3, 0.4) is 0 Å². The average molecular weight is 341 g/mol. The summed E-state index contributed by atoms with van der Waals surface area (Å²) in [6, 6.07) is 7.85. The largest absolute Gasteiger partial charge is 0.462 e. The lowest BCUT2D eigenvalue weighted by Gasteiger charge is -2.13. The maximum atomic E-state index is 12.5. The molecule has 24 heavy (non-hydrogen) atoms. The van der Waals surface area contributed by atoms with Crippen molar-refractivity contribution in [1.82, 2.24) is 14.5 Å². The zero-order chi connectivity index (χ0) is 17.1. The number of carbonyl (C=O) groups excluding carboxylic acids is 1. The summed E-state index contributed by atoms with van der Waals surface area (Å²) in [4.78, 5) is 21.5. The molecular weight excluding hydrogens is 322 g/mol. The predicted molar refractivity (Wildman–Crippen MR) is 95.2 cm³/mol. The maximum Gasteiger partial charge on any atom is 0.340 e. The number of para-hydroxylation sites is 1.